The van der Waals surface area contributed by atoms with E-state index in [2.05, 4.69) is 20.7 Å². The van der Waals surface area contributed by atoms with Crippen LogP contribution < -0.4 is 20.7 Å². The maximum atomic E-state index is 12.0. The van der Waals surface area contributed by atoms with Crippen molar-refractivity contribution in [1.29, 1.82) is 0 Å². The number of hydrogen-bond acceptors (Lipinski definition) is 4. The Morgan fingerprint density at radius 3 is 2.58 bits per heavy atom. The van der Waals surface area contributed by atoms with Gasteiger partial charge in [-0.2, -0.15) is 8.78 Å². The van der Waals surface area contributed by atoms with E-state index in [1.54, 1.807) is 12.1 Å². The fourth-order valence-corrected chi connectivity index (χ4v) is 1.91. The monoisotopic (exact) mass is 355 g/mol. The largest absolute Gasteiger partial charge is 0.467 e. The molecule has 0 atom stereocenters. The number of benzene rings is 1. The van der Waals surface area contributed by atoms with Gasteiger partial charge in [0.2, 0.25) is 5.91 Å². The minimum absolute atomic E-state index is 0.0148. The van der Waals surface area contributed by atoms with Crippen LogP contribution in [0.4, 0.5) is 14.5 Å². The van der Waals surface area contributed by atoms with Crippen LogP contribution in [0.1, 0.15) is 5.76 Å². The van der Waals surface area contributed by atoms with Crippen LogP contribution in [0.5, 0.6) is 5.75 Å². The van der Waals surface area contributed by atoms with E-state index in [1.807, 2.05) is 0 Å². The predicted octanol–water partition coefficient (Wildman–Crippen LogP) is 2.48. The molecule has 1 amide bonds. The van der Waals surface area contributed by atoms with Crippen molar-refractivity contribution in [3.05, 3.63) is 48.4 Å². The number of alkyl halides is 2. The zero-order valence-corrected chi connectivity index (χ0v) is 13.2. The Hall–Kier alpha value is -2.68. The van der Waals surface area contributed by atoms with Gasteiger partial charge in [0.25, 0.3) is 0 Å². The molecule has 24 heavy (non-hydrogen) atoms. The van der Waals surface area contributed by atoms with E-state index in [4.69, 9.17) is 16.6 Å². The second-order valence-electron chi connectivity index (χ2n) is 4.57. The Bertz CT molecular complexity index is 663. The van der Waals surface area contributed by atoms with Gasteiger partial charge in [0.15, 0.2) is 5.11 Å². The minimum Gasteiger partial charge on any atom is -0.467 e. The van der Waals surface area contributed by atoms with Crippen molar-refractivity contribution >= 4 is 28.9 Å². The van der Waals surface area contributed by atoms with Gasteiger partial charge in [-0.25, -0.2) is 0 Å². The normalized spacial score (nSPS) is 10.3. The lowest BCUT2D eigenvalue weighted by molar-refractivity contribution is -0.120. The first-order chi connectivity index (χ1) is 11.5. The van der Waals surface area contributed by atoms with Crippen molar-refractivity contribution in [3.8, 4) is 5.75 Å². The number of amides is 1. The molecule has 0 aliphatic heterocycles. The first-order valence-corrected chi connectivity index (χ1v) is 7.32. The number of carbonyl (C=O) groups excluding carboxylic acids is 1. The molecule has 6 nitrogen and oxygen atoms in total. The summed E-state index contributed by atoms with van der Waals surface area (Å²) in [5.74, 6) is 0.443. The summed E-state index contributed by atoms with van der Waals surface area (Å²) in [7, 11) is 0. The van der Waals surface area contributed by atoms with Crippen molar-refractivity contribution in [2.24, 2.45) is 0 Å². The SMILES string of the molecule is O=C(CNC(=S)Nc1ccc(OC(F)F)cc1)NCc1ccco1. The molecule has 1 heterocycles. The molecule has 128 valence electrons. The highest BCUT2D eigenvalue weighted by atomic mass is 32.1. The highest BCUT2D eigenvalue weighted by Gasteiger charge is 2.06. The fraction of sp³-hybridized carbons (Fsp3) is 0.200. The number of thiocarbonyl (C=S) groups is 1. The van der Waals surface area contributed by atoms with Gasteiger partial charge in [-0.3, -0.25) is 4.79 Å². The van der Waals surface area contributed by atoms with E-state index in [0.29, 0.717) is 18.0 Å². The first-order valence-electron chi connectivity index (χ1n) is 6.92. The van der Waals surface area contributed by atoms with Crippen molar-refractivity contribution < 1.29 is 22.7 Å². The van der Waals surface area contributed by atoms with Gasteiger partial charge in [-0.1, -0.05) is 0 Å². The molecule has 0 fully saturated rings. The van der Waals surface area contributed by atoms with Crippen molar-refractivity contribution in [2.75, 3.05) is 11.9 Å². The second kappa shape index (κ2) is 8.82. The molecule has 1 aromatic heterocycles. The van der Waals surface area contributed by atoms with Gasteiger partial charge in [-0.05, 0) is 48.6 Å². The zero-order valence-electron chi connectivity index (χ0n) is 12.4. The molecule has 2 aromatic rings. The van der Waals surface area contributed by atoms with Gasteiger partial charge in [0.05, 0.1) is 19.4 Å². The van der Waals surface area contributed by atoms with E-state index in [1.165, 1.54) is 30.5 Å². The van der Waals surface area contributed by atoms with Crippen LogP contribution >= 0.6 is 12.2 Å². The summed E-state index contributed by atoms with van der Waals surface area (Å²) in [5.41, 5.74) is 0.574. The number of ether oxygens (including phenoxy) is 1. The van der Waals surface area contributed by atoms with Crippen LogP contribution in [0.3, 0.4) is 0 Å². The molecule has 0 aliphatic carbocycles. The Morgan fingerprint density at radius 1 is 1.21 bits per heavy atom. The molecule has 0 saturated heterocycles. The lowest BCUT2D eigenvalue weighted by Crippen LogP contribution is -2.38. The van der Waals surface area contributed by atoms with E-state index in [-0.39, 0.29) is 23.3 Å². The number of halogens is 2. The standard InChI is InChI=1S/C15H15F2N3O3S/c16-14(17)23-11-5-3-10(4-6-11)20-15(24)19-9-13(21)18-8-12-2-1-7-22-12/h1-7,14H,8-9H2,(H,18,21)(H2,19,20,24). The lowest BCUT2D eigenvalue weighted by Gasteiger charge is -2.11. The summed E-state index contributed by atoms with van der Waals surface area (Å²) in [4.78, 5) is 11.7. The van der Waals surface area contributed by atoms with Crippen LogP contribution in [0.25, 0.3) is 0 Å². The maximum Gasteiger partial charge on any atom is 0.387 e. The molecule has 0 unspecified atom stereocenters. The molecule has 1 aromatic carbocycles. The molecule has 0 aliphatic rings. The summed E-state index contributed by atoms with van der Waals surface area (Å²) in [6.07, 6.45) is 1.52. The molecule has 0 bridgehead atoms. The van der Waals surface area contributed by atoms with Crippen LogP contribution in [-0.4, -0.2) is 24.2 Å². The van der Waals surface area contributed by atoms with E-state index >= 15 is 0 Å². The quantitative estimate of drug-likeness (QED) is 0.663. The number of rotatable bonds is 7. The maximum absolute atomic E-state index is 12.0. The van der Waals surface area contributed by atoms with Crippen LogP contribution in [0, 0.1) is 0 Å². The van der Waals surface area contributed by atoms with E-state index < -0.39 is 6.61 Å². The highest BCUT2D eigenvalue weighted by Crippen LogP contribution is 2.17. The molecule has 0 saturated carbocycles. The Labute approximate surface area is 142 Å². The Morgan fingerprint density at radius 2 is 1.96 bits per heavy atom. The van der Waals surface area contributed by atoms with Crippen molar-refractivity contribution in [1.82, 2.24) is 10.6 Å². The van der Waals surface area contributed by atoms with E-state index in [9.17, 15) is 13.6 Å². The third-order valence-electron chi connectivity index (χ3n) is 2.79. The molecule has 2 rings (SSSR count). The zero-order chi connectivity index (χ0) is 17.4. The van der Waals surface area contributed by atoms with Gasteiger partial charge in [0, 0.05) is 5.69 Å². The summed E-state index contributed by atoms with van der Waals surface area (Å²) in [5, 5.41) is 8.45. The van der Waals surface area contributed by atoms with Gasteiger partial charge in [0.1, 0.15) is 11.5 Å². The molecule has 0 radical (unpaired) electrons. The van der Waals surface area contributed by atoms with Crippen molar-refractivity contribution in [2.45, 2.75) is 13.2 Å². The average molecular weight is 355 g/mol. The van der Waals surface area contributed by atoms with Gasteiger partial charge in [-0.15, -0.1) is 0 Å². The van der Waals surface area contributed by atoms with Crippen LogP contribution in [0.15, 0.2) is 47.1 Å². The molecule has 3 N–H and O–H groups in total. The number of anilines is 1. The molecule has 0 spiro atoms. The summed E-state index contributed by atoms with van der Waals surface area (Å²) >= 11 is 5.05. The number of furan rings is 1. The van der Waals surface area contributed by atoms with Crippen molar-refractivity contribution in [3.63, 3.8) is 0 Å². The molecular formula is C15H15F2N3O3S. The average Bonchev–Trinajstić information content (AvgIpc) is 3.06. The van der Waals surface area contributed by atoms with E-state index in [0.717, 1.165) is 0 Å². The third kappa shape index (κ3) is 6.21. The van der Waals surface area contributed by atoms with Gasteiger partial charge >= 0.3 is 6.61 Å². The fourth-order valence-electron chi connectivity index (χ4n) is 1.72. The minimum atomic E-state index is -2.87. The predicted molar refractivity (Wildman–Crippen MR) is 87.9 cm³/mol. The summed E-state index contributed by atoms with van der Waals surface area (Å²) in [6.45, 7) is -2.59. The summed E-state index contributed by atoms with van der Waals surface area (Å²) < 4.78 is 33.4. The lowest BCUT2D eigenvalue weighted by atomic mass is 10.3. The molecular weight excluding hydrogens is 340 g/mol. The van der Waals surface area contributed by atoms with Crippen LogP contribution in [0.2, 0.25) is 0 Å². The third-order valence-corrected chi connectivity index (χ3v) is 3.03. The molecule has 9 heteroatoms. The topological polar surface area (TPSA) is 75.5 Å². The second-order valence-corrected chi connectivity index (χ2v) is 4.97. The number of carbonyl (C=O) groups is 1. The number of nitrogens with one attached hydrogen (secondary N) is 3. The Balaban J connectivity index is 1.69. The first kappa shape index (κ1) is 17.7. The number of hydrogen-bond donors (Lipinski definition) is 3. The van der Waals surface area contributed by atoms with Gasteiger partial charge < -0.3 is 25.1 Å². The smallest absolute Gasteiger partial charge is 0.387 e. The summed E-state index contributed by atoms with van der Waals surface area (Å²) in [6, 6.07) is 9.31. The highest BCUT2D eigenvalue weighted by molar-refractivity contribution is 7.80. The van der Waals surface area contributed by atoms with Crippen LogP contribution in [-0.2, 0) is 11.3 Å². The Kier molecular flexibility index (Phi) is 6.50.